The molecular weight excluding hydrogens is 765 g/mol. The Hall–Kier alpha value is -4.82. The second-order valence-corrected chi connectivity index (χ2v) is 18.4. The number of hydrogen-bond donors (Lipinski definition) is 1. The van der Waals surface area contributed by atoms with Gasteiger partial charge in [0.15, 0.2) is 23.0 Å². The number of nitrogens with one attached hydrogen (secondary N) is 1. The molecule has 0 unspecified atom stereocenters. The van der Waals surface area contributed by atoms with Crippen LogP contribution in [0.4, 0.5) is 4.79 Å². The Labute approximate surface area is 341 Å². The van der Waals surface area contributed by atoms with E-state index in [1.54, 1.807) is 64.7 Å². The second-order valence-electron chi connectivity index (χ2n) is 15.9. The van der Waals surface area contributed by atoms with Crippen LogP contribution >= 0.6 is 21.6 Å². The summed E-state index contributed by atoms with van der Waals surface area (Å²) in [5.74, 6) is 2.84. The van der Waals surface area contributed by atoms with Gasteiger partial charge in [-0.3, -0.25) is 14.6 Å². The van der Waals surface area contributed by atoms with Crippen LogP contribution in [0.2, 0.25) is 0 Å². The van der Waals surface area contributed by atoms with Gasteiger partial charge < -0.3 is 38.5 Å². The van der Waals surface area contributed by atoms with Gasteiger partial charge in [-0.05, 0) is 53.1 Å². The minimum atomic E-state index is -0.515. The first-order chi connectivity index (χ1) is 27.2. The summed E-state index contributed by atoms with van der Waals surface area (Å²) in [6.45, 7) is 12.4. The maximum Gasteiger partial charge on any atom is 0.409 e. The minimum absolute atomic E-state index is 0.0446. The first-order valence-corrected chi connectivity index (χ1v) is 21.4. The summed E-state index contributed by atoms with van der Waals surface area (Å²) in [7, 11) is 7.97. The minimum Gasteiger partial charge on any atom is -0.493 e. The number of benzene rings is 3. The molecule has 6 rings (SSSR count). The summed E-state index contributed by atoms with van der Waals surface area (Å²) in [5, 5.41) is 5.65. The average Bonchev–Trinajstić information content (AvgIpc) is 3.66. The van der Waals surface area contributed by atoms with Crippen molar-refractivity contribution in [2.45, 2.75) is 71.9 Å². The number of likely N-dealkylation sites (N-methyl/N-ethyl adjacent to an activating group) is 1. The van der Waals surface area contributed by atoms with Crippen LogP contribution < -0.4 is 29.8 Å². The summed E-state index contributed by atoms with van der Waals surface area (Å²) in [6.07, 6.45) is 3.85. The van der Waals surface area contributed by atoms with Crippen LogP contribution in [0.25, 0.3) is 32.6 Å². The van der Waals surface area contributed by atoms with Crippen LogP contribution in [-0.4, -0.2) is 73.4 Å². The molecule has 0 radical (unpaired) electrons. The number of carbonyl (C=O) groups excluding carboxylic acids is 2. The number of nitrogens with zero attached hydrogens (tertiary/aromatic N) is 3. The van der Waals surface area contributed by atoms with Gasteiger partial charge in [0.25, 0.3) is 5.56 Å². The van der Waals surface area contributed by atoms with Gasteiger partial charge in [0.2, 0.25) is 12.7 Å². The molecule has 0 bridgehead atoms. The molecule has 0 atom stereocenters. The molecule has 2 aromatic heterocycles. The molecule has 0 aliphatic carbocycles. The van der Waals surface area contributed by atoms with Gasteiger partial charge in [0.05, 0.1) is 30.6 Å². The fourth-order valence-electron chi connectivity index (χ4n) is 7.19. The lowest BCUT2D eigenvalue weighted by Crippen LogP contribution is -2.36. The second kappa shape index (κ2) is 17.8. The van der Waals surface area contributed by atoms with Gasteiger partial charge in [-0.2, -0.15) is 0 Å². The normalized spacial score (nSPS) is 12.6. The number of carbonyl (C=O) groups is 2. The predicted octanol–water partition coefficient (Wildman–Crippen LogP) is 8.82. The zero-order chi connectivity index (χ0) is 40.9. The zero-order valence-electron chi connectivity index (χ0n) is 34.0. The molecule has 3 heterocycles. The number of amides is 2. The van der Waals surface area contributed by atoms with Crippen molar-refractivity contribution in [3.05, 3.63) is 70.6 Å². The van der Waals surface area contributed by atoms with Crippen LogP contribution in [-0.2, 0) is 22.7 Å². The predicted molar refractivity (Wildman–Crippen MR) is 228 cm³/mol. The number of ether oxygens (including phenoxy) is 5. The van der Waals surface area contributed by atoms with Crippen LogP contribution in [0, 0.1) is 10.8 Å². The third-order valence-electron chi connectivity index (χ3n) is 10.4. The van der Waals surface area contributed by atoms with Gasteiger partial charge in [0, 0.05) is 72.2 Å². The van der Waals surface area contributed by atoms with E-state index in [1.165, 1.54) is 12.0 Å². The van der Waals surface area contributed by atoms with Gasteiger partial charge in [-0.15, -0.1) is 0 Å². The number of rotatable bonds is 17. The third kappa shape index (κ3) is 9.84. The Morgan fingerprint density at radius 2 is 1.61 bits per heavy atom. The molecule has 14 heteroatoms. The van der Waals surface area contributed by atoms with E-state index < -0.39 is 6.09 Å². The Kier molecular flexibility index (Phi) is 13.0. The van der Waals surface area contributed by atoms with Gasteiger partial charge in [0.1, 0.15) is 6.61 Å². The first kappa shape index (κ1) is 41.8. The standard InChI is InChI=1S/C43H52N4O8S2/c1-9-42(2,3)24-43(4,5)25-45-38(48)14-17-56-57-28-12-10-27(11-13-28)23-53-41(50)46(6)15-16-47-39-31-20-36-37(55-26-54-36)21-33(31)44-22-32(39)29-18-34(51-7)35(52-8)19-30(29)40(47)49/h10-13,18-22H,9,14-17,23-26H2,1-8H3,(H,45,48). The molecule has 5 aromatic rings. The quantitative estimate of drug-likeness (QED) is 0.0549. The Morgan fingerprint density at radius 3 is 2.30 bits per heavy atom. The molecule has 1 N–H and O–H groups in total. The number of fused-ring (bicyclic) bond motifs is 6. The highest BCUT2D eigenvalue weighted by molar-refractivity contribution is 8.76. The van der Waals surface area contributed by atoms with Crippen LogP contribution in [0.1, 0.15) is 59.4 Å². The SMILES string of the molecule is CCC(C)(C)CC(C)(C)CNC(=O)CCSSc1ccc(COC(=O)N(C)CCn2c(=O)c3cc(OC)c(OC)cc3c3cnc4cc5c(cc4c32)OCO5)cc1. The Balaban J connectivity index is 1.06. The molecule has 57 heavy (non-hydrogen) atoms. The molecule has 0 spiro atoms. The molecular formula is C43H52N4O8S2. The van der Waals surface area contributed by atoms with Crippen molar-refractivity contribution in [1.82, 2.24) is 19.8 Å². The topological polar surface area (TPSA) is 130 Å². The van der Waals surface area contributed by atoms with Crippen molar-refractivity contribution < 1.29 is 33.3 Å². The van der Waals surface area contributed by atoms with Crippen molar-refractivity contribution in [1.29, 1.82) is 0 Å². The van der Waals surface area contributed by atoms with Crippen molar-refractivity contribution in [2.24, 2.45) is 10.8 Å². The van der Waals surface area contributed by atoms with Gasteiger partial charge >= 0.3 is 6.09 Å². The number of methoxy groups -OCH3 is 2. The molecule has 2 amide bonds. The van der Waals surface area contributed by atoms with Crippen LogP contribution in [0.5, 0.6) is 23.0 Å². The van der Waals surface area contributed by atoms with Crippen molar-refractivity contribution in [2.75, 3.05) is 46.9 Å². The van der Waals surface area contributed by atoms with E-state index in [4.69, 9.17) is 28.7 Å². The highest BCUT2D eigenvalue weighted by Gasteiger charge is 2.28. The van der Waals surface area contributed by atoms with Crippen molar-refractivity contribution in [3.8, 4) is 23.0 Å². The maximum atomic E-state index is 14.3. The van der Waals surface area contributed by atoms with E-state index in [2.05, 4.69) is 39.9 Å². The fraction of sp³-hybridized carbons (Fsp3) is 0.442. The van der Waals surface area contributed by atoms with Gasteiger partial charge in [-0.1, -0.05) is 74.8 Å². The molecule has 1 aliphatic rings. The number of pyridine rings is 2. The van der Waals surface area contributed by atoms with Crippen LogP contribution in [0.15, 0.2) is 64.4 Å². The van der Waals surface area contributed by atoms with E-state index >= 15 is 0 Å². The summed E-state index contributed by atoms with van der Waals surface area (Å²) in [4.78, 5) is 47.1. The molecule has 0 fully saturated rings. The lowest BCUT2D eigenvalue weighted by Gasteiger charge is -2.34. The summed E-state index contributed by atoms with van der Waals surface area (Å²) >= 11 is 0. The summed E-state index contributed by atoms with van der Waals surface area (Å²) < 4.78 is 29.7. The van der Waals surface area contributed by atoms with Gasteiger partial charge in [-0.25, -0.2) is 4.79 Å². The lowest BCUT2D eigenvalue weighted by atomic mass is 9.73. The summed E-state index contributed by atoms with van der Waals surface area (Å²) in [5.41, 5.74) is 2.18. The number of aromatic nitrogens is 2. The van der Waals surface area contributed by atoms with Crippen molar-refractivity contribution >= 4 is 66.2 Å². The average molecular weight is 817 g/mol. The van der Waals surface area contributed by atoms with Crippen molar-refractivity contribution in [3.63, 3.8) is 0 Å². The third-order valence-corrected chi connectivity index (χ3v) is 12.8. The molecule has 0 saturated heterocycles. The van der Waals surface area contributed by atoms with Crippen LogP contribution in [0.3, 0.4) is 0 Å². The largest absolute Gasteiger partial charge is 0.493 e. The van der Waals surface area contributed by atoms with E-state index in [0.29, 0.717) is 68.9 Å². The molecule has 12 nitrogen and oxygen atoms in total. The van der Waals surface area contributed by atoms with E-state index in [-0.39, 0.29) is 48.8 Å². The monoisotopic (exact) mass is 816 g/mol. The Morgan fingerprint density at radius 1 is 0.930 bits per heavy atom. The zero-order valence-corrected chi connectivity index (χ0v) is 35.6. The number of hydrogen-bond acceptors (Lipinski definition) is 11. The molecule has 1 aliphatic heterocycles. The smallest absolute Gasteiger partial charge is 0.409 e. The molecule has 304 valence electrons. The molecule has 0 saturated carbocycles. The Bertz CT molecular complexity index is 2330. The van der Waals surface area contributed by atoms with E-state index in [1.807, 2.05) is 30.3 Å². The van der Waals surface area contributed by atoms with E-state index in [9.17, 15) is 14.4 Å². The van der Waals surface area contributed by atoms with E-state index in [0.717, 1.165) is 28.7 Å². The highest BCUT2D eigenvalue weighted by Crippen LogP contribution is 2.40. The summed E-state index contributed by atoms with van der Waals surface area (Å²) in [6, 6.07) is 14.9. The molecule has 3 aromatic carbocycles. The highest BCUT2D eigenvalue weighted by atomic mass is 33.1. The first-order valence-electron chi connectivity index (χ1n) is 19.1. The fourth-order valence-corrected chi connectivity index (χ4v) is 9.16. The maximum absolute atomic E-state index is 14.3. The lowest BCUT2D eigenvalue weighted by molar-refractivity contribution is -0.121.